The monoisotopic (exact) mass is 241 g/mol. The minimum absolute atomic E-state index is 0.00396. The van der Waals surface area contributed by atoms with E-state index in [1.165, 1.54) is 12.1 Å². The Labute approximate surface area is 101 Å². The van der Waals surface area contributed by atoms with Crippen LogP contribution in [-0.4, -0.2) is 24.9 Å². The first kappa shape index (κ1) is 10.3. The molecule has 1 aromatic carbocycles. The SMILES string of the molecule is O=[N+]([O-])c1ccc2c(c1)nnn2-c1ccncc1. The van der Waals surface area contributed by atoms with Gasteiger partial charge in [-0.05, 0) is 18.2 Å². The van der Waals surface area contributed by atoms with Crippen molar-refractivity contribution in [2.45, 2.75) is 0 Å². The molecule has 0 aliphatic heterocycles. The zero-order valence-corrected chi connectivity index (χ0v) is 9.09. The van der Waals surface area contributed by atoms with Crippen LogP contribution in [0, 0.1) is 10.1 Å². The second kappa shape index (κ2) is 3.88. The standard InChI is InChI=1S/C11H7N5O2/c17-16(18)9-1-2-11-10(7-9)13-14-15(11)8-3-5-12-6-4-8/h1-7H. The number of hydrogen-bond donors (Lipinski definition) is 0. The number of fused-ring (bicyclic) bond motifs is 1. The van der Waals surface area contributed by atoms with Gasteiger partial charge >= 0.3 is 0 Å². The Kier molecular flexibility index (Phi) is 2.23. The normalized spacial score (nSPS) is 10.7. The lowest BCUT2D eigenvalue weighted by atomic mass is 10.2. The van der Waals surface area contributed by atoms with Crippen molar-refractivity contribution in [3.8, 4) is 5.69 Å². The highest BCUT2D eigenvalue weighted by Crippen LogP contribution is 2.20. The number of non-ortho nitro benzene ring substituents is 1. The fourth-order valence-corrected chi connectivity index (χ4v) is 1.70. The lowest BCUT2D eigenvalue weighted by Gasteiger charge is -2.00. The number of hydrogen-bond acceptors (Lipinski definition) is 5. The van der Waals surface area contributed by atoms with Crippen molar-refractivity contribution >= 4 is 16.7 Å². The van der Waals surface area contributed by atoms with E-state index in [-0.39, 0.29) is 5.69 Å². The molecule has 0 bridgehead atoms. The van der Waals surface area contributed by atoms with Gasteiger partial charge in [0.2, 0.25) is 0 Å². The highest BCUT2D eigenvalue weighted by Gasteiger charge is 2.11. The number of aromatic nitrogens is 4. The van der Waals surface area contributed by atoms with E-state index < -0.39 is 4.92 Å². The number of nitro groups is 1. The predicted octanol–water partition coefficient (Wildman–Crippen LogP) is 1.72. The fourth-order valence-electron chi connectivity index (χ4n) is 1.70. The van der Waals surface area contributed by atoms with Gasteiger partial charge in [0.1, 0.15) is 5.52 Å². The third-order valence-corrected chi connectivity index (χ3v) is 2.55. The summed E-state index contributed by atoms with van der Waals surface area (Å²) in [5.74, 6) is 0. The summed E-state index contributed by atoms with van der Waals surface area (Å²) >= 11 is 0. The summed E-state index contributed by atoms with van der Waals surface area (Å²) < 4.78 is 1.61. The Balaban J connectivity index is 2.19. The molecule has 0 fully saturated rings. The minimum atomic E-state index is -0.453. The molecular formula is C11H7N5O2. The van der Waals surface area contributed by atoms with Crippen LogP contribution in [0.5, 0.6) is 0 Å². The van der Waals surface area contributed by atoms with E-state index in [4.69, 9.17) is 0 Å². The molecule has 0 atom stereocenters. The quantitative estimate of drug-likeness (QED) is 0.503. The summed E-state index contributed by atoms with van der Waals surface area (Å²) in [6.45, 7) is 0. The van der Waals surface area contributed by atoms with E-state index in [9.17, 15) is 10.1 Å². The third-order valence-electron chi connectivity index (χ3n) is 2.55. The Hall–Kier alpha value is -2.83. The Morgan fingerprint density at radius 3 is 2.67 bits per heavy atom. The second-order valence-corrected chi connectivity index (χ2v) is 3.64. The first-order chi connectivity index (χ1) is 8.75. The highest BCUT2D eigenvalue weighted by molar-refractivity contribution is 5.78. The Morgan fingerprint density at radius 1 is 1.17 bits per heavy atom. The highest BCUT2D eigenvalue weighted by atomic mass is 16.6. The van der Waals surface area contributed by atoms with Gasteiger partial charge in [-0.1, -0.05) is 5.21 Å². The lowest BCUT2D eigenvalue weighted by Crippen LogP contribution is -1.96. The van der Waals surface area contributed by atoms with Crippen LogP contribution in [0.3, 0.4) is 0 Å². The van der Waals surface area contributed by atoms with Gasteiger partial charge in [0.25, 0.3) is 5.69 Å². The molecule has 0 N–H and O–H groups in total. The summed E-state index contributed by atoms with van der Waals surface area (Å²) in [7, 11) is 0. The molecule has 0 saturated heterocycles. The first-order valence-corrected chi connectivity index (χ1v) is 5.16. The summed E-state index contributed by atoms with van der Waals surface area (Å²) in [6.07, 6.45) is 3.29. The lowest BCUT2D eigenvalue weighted by molar-refractivity contribution is -0.384. The van der Waals surface area contributed by atoms with Crippen molar-refractivity contribution in [3.05, 3.63) is 52.8 Å². The van der Waals surface area contributed by atoms with Gasteiger partial charge in [0.05, 0.1) is 16.1 Å². The van der Waals surface area contributed by atoms with E-state index in [0.717, 1.165) is 5.69 Å². The number of pyridine rings is 1. The zero-order valence-electron chi connectivity index (χ0n) is 9.09. The third kappa shape index (κ3) is 1.58. The molecule has 2 aromatic heterocycles. The van der Waals surface area contributed by atoms with Crippen molar-refractivity contribution in [2.75, 3.05) is 0 Å². The average molecular weight is 241 g/mol. The second-order valence-electron chi connectivity index (χ2n) is 3.64. The van der Waals surface area contributed by atoms with E-state index >= 15 is 0 Å². The van der Waals surface area contributed by atoms with Crippen LogP contribution in [0.2, 0.25) is 0 Å². The first-order valence-electron chi connectivity index (χ1n) is 5.16. The molecule has 0 saturated carbocycles. The zero-order chi connectivity index (χ0) is 12.5. The molecule has 0 aliphatic carbocycles. The van der Waals surface area contributed by atoms with Gasteiger partial charge in [-0.3, -0.25) is 15.1 Å². The van der Waals surface area contributed by atoms with Crippen LogP contribution >= 0.6 is 0 Å². The molecule has 0 spiro atoms. The number of nitro benzene ring substituents is 1. The average Bonchev–Trinajstić information content (AvgIpc) is 2.82. The molecule has 7 nitrogen and oxygen atoms in total. The summed E-state index contributed by atoms with van der Waals surface area (Å²) in [5, 5.41) is 18.6. The maximum absolute atomic E-state index is 10.7. The molecular weight excluding hydrogens is 234 g/mol. The van der Waals surface area contributed by atoms with Gasteiger partial charge in [0.15, 0.2) is 0 Å². The van der Waals surface area contributed by atoms with Crippen molar-refractivity contribution in [2.24, 2.45) is 0 Å². The van der Waals surface area contributed by atoms with Crippen molar-refractivity contribution in [3.63, 3.8) is 0 Å². The molecule has 3 aromatic rings. The topological polar surface area (TPSA) is 86.7 Å². The van der Waals surface area contributed by atoms with Crippen LogP contribution in [0.1, 0.15) is 0 Å². The van der Waals surface area contributed by atoms with E-state index in [2.05, 4.69) is 15.3 Å². The van der Waals surface area contributed by atoms with E-state index in [1.807, 2.05) is 0 Å². The molecule has 3 rings (SSSR count). The molecule has 2 heterocycles. The summed E-state index contributed by atoms with van der Waals surface area (Å²) in [4.78, 5) is 14.1. The molecule has 0 unspecified atom stereocenters. The minimum Gasteiger partial charge on any atom is -0.265 e. The van der Waals surface area contributed by atoms with Crippen LogP contribution < -0.4 is 0 Å². The van der Waals surface area contributed by atoms with Crippen molar-refractivity contribution in [1.29, 1.82) is 0 Å². The Bertz CT molecular complexity index is 723. The maximum atomic E-state index is 10.7. The van der Waals surface area contributed by atoms with Gasteiger partial charge < -0.3 is 0 Å². The van der Waals surface area contributed by atoms with E-state index in [0.29, 0.717) is 11.0 Å². The molecule has 0 amide bonds. The van der Waals surface area contributed by atoms with Gasteiger partial charge in [-0.2, -0.15) is 0 Å². The van der Waals surface area contributed by atoms with E-state index in [1.54, 1.807) is 35.3 Å². The maximum Gasteiger partial charge on any atom is 0.271 e. The van der Waals surface area contributed by atoms with Crippen LogP contribution in [0.25, 0.3) is 16.7 Å². The molecule has 18 heavy (non-hydrogen) atoms. The van der Waals surface area contributed by atoms with Crippen LogP contribution in [0.4, 0.5) is 5.69 Å². The molecule has 0 radical (unpaired) electrons. The summed E-state index contributed by atoms with van der Waals surface area (Å²) in [6, 6.07) is 8.04. The van der Waals surface area contributed by atoms with Gasteiger partial charge in [-0.25, -0.2) is 4.68 Å². The van der Waals surface area contributed by atoms with Crippen molar-refractivity contribution in [1.82, 2.24) is 20.0 Å². The molecule has 88 valence electrons. The largest absolute Gasteiger partial charge is 0.271 e. The number of benzene rings is 1. The Morgan fingerprint density at radius 2 is 1.94 bits per heavy atom. The van der Waals surface area contributed by atoms with Crippen LogP contribution in [0.15, 0.2) is 42.7 Å². The summed E-state index contributed by atoms with van der Waals surface area (Å²) in [5.41, 5.74) is 2.01. The van der Waals surface area contributed by atoms with Crippen molar-refractivity contribution < 1.29 is 4.92 Å². The van der Waals surface area contributed by atoms with Gasteiger partial charge in [0, 0.05) is 24.5 Å². The number of rotatable bonds is 2. The fraction of sp³-hybridized carbons (Fsp3) is 0. The molecule has 7 heteroatoms. The van der Waals surface area contributed by atoms with Crippen LogP contribution in [-0.2, 0) is 0 Å². The number of nitrogens with zero attached hydrogens (tertiary/aromatic N) is 5. The predicted molar refractivity (Wildman–Crippen MR) is 63.3 cm³/mol. The smallest absolute Gasteiger partial charge is 0.265 e. The molecule has 0 aliphatic rings. The van der Waals surface area contributed by atoms with Gasteiger partial charge in [-0.15, -0.1) is 5.10 Å².